The van der Waals surface area contributed by atoms with Crippen LogP contribution in [0.15, 0.2) is 48.5 Å². The van der Waals surface area contributed by atoms with Gasteiger partial charge in [-0.1, -0.05) is 24.3 Å². The molecule has 0 spiro atoms. The van der Waals surface area contributed by atoms with E-state index < -0.39 is 29.5 Å². The van der Waals surface area contributed by atoms with Crippen LogP contribution in [0, 0.1) is 5.82 Å². The van der Waals surface area contributed by atoms with Crippen molar-refractivity contribution in [1.82, 2.24) is 10.2 Å². The average molecular weight is 423 g/mol. The number of carbonyl (C=O) groups is 2. The summed E-state index contributed by atoms with van der Waals surface area (Å²) in [6.07, 6.45) is -2.89. The number of carbonyl (C=O) groups excluding carboxylic acids is 2. The van der Waals surface area contributed by atoms with Crippen LogP contribution in [0.2, 0.25) is 0 Å². The monoisotopic (exact) mass is 423 g/mol. The molecule has 2 N–H and O–H groups in total. The second kappa shape index (κ2) is 8.83. The minimum atomic E-state index is -4.61. The number of rotatable bonds is 7. The third-order valence-electron chi connectivity index (χ3n) is 4.70. The van der Waals surface area contributed by atoms with E-state index in [2.05, 4.69) is 10.6 Å². The molecule has 1 fully saturated rings. The lowest BCUT2D eigenvalue weighted by atomic mass is 10.0. The van der Waals surface area contributed by atoms with Crippen molar-refractivity contribution in [2.75, 3.05) is 18.9 Å². The average Bonchev–Trinajstić information content (AvgIpc) is 3.47. The number of nitrogens with one attached hydrogen (secondary N) is 2. The molecule has 1 atom stereocenters. The Morgan fingerprint density at radius 1 is 1.10 bits per heavy atom. The van der Waals surface area contributed by atoms with E-state index in [1.165, 1.54) is 48.3 Å². The summed E-state index contributed by atoms with van der Waals surface area (Å²) in [5.74, 6) is -1.53. The van der Waals surface area contributed by atoms with Crippen LogP contribution in [0.25, 0.3) is 0 Å². The quantitative estimate of drug-likeness (QED) is 0.667. The molecular formula is C21H21F4N3O2. The Kier molecular flexibility index (Phi) is 6.40. The largest absolute Gasteiger partial charge is 0.418 e. The molecule has 0 heterocycles. The molecule has 0 radical (unpaired) electrons. The van der Waals surface area contributed by atoms with E-state index in [0.717, 1.165) is 25.0 Å². The van der Waals surface area contributed by atoms with Gasteiger partial charge in [-0.05, 0) is 49.7 Å². The molecule has 160 valence electrons. The molecule has 0 aromatic heterocycles. The fourth-order valence-electron chi connectivity index (χ4n) is 3.11. The summed E-state index contributed by atoms with van der Waals surface area (Å²) in [5, 5.41) is 5.11. The van der Waals surface area contributed by atoms with Gasteiger partial charge in [0.15, 0.2) is 0 Å². The highest BCUT2D eigenvalue weighted by molar-refractivity contribution is 5.93. The SMILES string of the molecule is CN(CC(=O)Nc1ccccc1C(F)(F)F)C(C(=O)NC1CC1)c1ccc(F)cc1. The first-order valence-electron chi connectivity index (χ1n) is 9.37. The lowest BCUT2D eigenvalue weighted by Crippen LogP contribution is -2.42. The fourth-order valence-corrected chi connectivity index (χ4v) is 3.11. The van der Waals surface area contributed by atoms with E-state index in [-0.39, 0.29) is 24.2 Å². The molecule has 0 aliphatic heterocycles. The van der Waals surface area contributed by atoms with Crippen LogP contribution in [-0.4, -0.2) is 36.3 Å². The van der Waals surface area contributed by atoms with Gasteiger partial charge in [0, 0.05) is 6.04 Å². The lowest BCUT2D eigenvalue weighted by Gasteiger charge is -2.27. The molecule has 0 saturated heterocycles. The van der Waals surface area contributed by atoms with Crippen LogP contribution in [-0.2, 0) is 15.8 Å². The number of alkyl halides is 3. The molecule has 5 nitrogen and oxygen atoms in total. The molecule has 30 heavy (non-hydrogen) atoms. The molecule has 0 bridgehead atoms. The maximum absolute atomic E-state index is 13.3. The molecule has 1 saturated carbocycles. The number of benzene rings is 2. The number of amides is 2. The van der Waals surface area contributed by atoms with Gasteiger partial charge in [-0.15, -0.1) is 0 Å². The van der Waals surface area contributed by atoms with E-state index in [0.29, 0.717) is 5.56 Å². The summed E-state index contributed by atoms with van der Waals surface area (Å²) < 4.78 is 52.7. The number of para-hydroxylation sites is 1. The lowest BCUT2D eigenvalue weighted by molar-refractivity contribution is -0.137. The molecule has 2 aromatic rings. The Hall–Kier alpha value is -2.94. The van der Waals surface area contributed by atoms with Crippen LogP contribution in [0.4, 0.5) is 23.2 Å². The van der Waals surface area contributed by atoms with Gasteiger partial charge in [0.05, 0.1) is 17.8 Å². The van der Waals surface area contributed by atoms with E-state index in [9.17, 15) is 27.2 Å². The van der Waals surface area contributed by atoms with Crippen LogP contribution in [0.3, 0.4) is 0 Å². The van der Waals surface area contributed by atoms with Gasteiger partial charge in [0.1, 0.15) is 11.9 Å². The predicted molar refractivity (Wildman–Crippen MR) is 103 cm³/mol. The first-order valence-corrected chi connectivity index (χ1v) is 9.37. The van der Waals surface area contributed by atoms with E-state index in [4.69, 9.17) is 0 Å². The third kappa shape index (κ3) is 5.56. The maximum atomic E-state index is 13.3. The number of halogens is 4. The predicted octanol–water partition coefficient (Wildman–Crippen LogP) is 3.73. The van der Waals surface area contributed by atoms with Crippen molar-refractivity contribution in [2.45, 2.75) is 31.1 Å². The highest BCUT2D eigenvalue weighted by Gasteiger charge is 2.34. The first-order chi connectivity index (χ1) is 14.1. The van der Waals surface area contributed by atoms with Crippen LogP contribution in [0.5, 0.6) is 0 Å². The van der Waals surface area contributed by atoms with Crippen molar-refractivity contribution < 1.29 is 27.2 Å². The van der Waals surface area contributed by atoms with Crippen LogP contribution < -0.4 is 10.6 Å². The smallest absolute Gasteiger partial charge is 0.352 e. The minimum absolute atomic E-state index is 0.0707. The van der Waals surface area contributed by atoms with Gasteiger partial charge in [-0.25, -0.2) is 4.39 Å². The fraction of sp³-hybridized carbons (Fsp3) is 0.333. The van der Waals surface area contributed by atoms with Crippen molar-refractivity contribution in [2.24, 2.45) is 0 Å². The topological polar surface area (TPSA) is 61.4 Å². The second-order valence-electron chi connectivity index (χ2n) is 7.24. The zero-order valence-corrected chi connectivity index (χ0v) is 16.2. The van der Waals surface area contributed by atoms with Crippen molar-refractivity contribution in [1.29, 1.82) is 0 Å². The van der Waals surface area contributed by atoms with E-state index >= 15 is 0 Å². The first kappa shape index (κ1) is 21.8. The number of nitrogens with zero attached hydrogens (tertiary/aromatic N) is 1. The second-order valence-corrected chi connectivity index (χ2v) is 7.24. The Balaban J connectivity index is 1.75. The third-order valence-corrected chi connectivity index (χ3v) is 4.70. The van der Waals surface area contributed by atoms with Crippen molar-refractivity contribution >= 4 is 17.5 Å². The van der Waals surface area contributed by atoms with Crippen molar-refractivity contribution in [3.05, 3.63) is 65.5 Å². The molecule has 1 aliphatic rings. The molecule has 3 rings (SSSR count). The van der Waals surface area contributed by atoms with Gasteiger partial charge in [0.2, 0.25) is 11.8 Å². The Morgan fingerprint density at radius 2 is 1.73 bits per heavy atom. The van der Waals surface area contributed by atoms with Gasteiger partial charge in [0.25, 0.3) is 0 Å². The summed E-state index contributed by atoms with van der Waals surface area (Å²) in [6.45, 7) is -0.341. The Bertz CT molecular complexity index is 911. The highest BCUT2D eigenvalue weighted by Crippen LogP contribution is 2.34. The zero-order chi connectivity index (χ0) is 21.9. The van der Waals surface area contributed by atoms with Crippen LogP contribution in [0.1, 0.15) is 30.0 Å². The molecular weight excluding hydrogens is 402 g/mol. The summed E-state index contributed by atoms with van der Waals surface area (Å²) in [4.78, 5) is 26.6. The normalized spacial score (nSPS) is 15.0. The summed E-state index contributed by atoms with van der Waals surface area (Å²) in [7, 11) is 1.51. The summed E-state index contributed by atoms with van der Waals surface area (Å²) in [6, 6.07) is 9.15. The Morgan fingerprint density at radius 3 is 2.33 bits per heavy atom. The molecule has 2 aromatic carbocycles. The molecule has 1 unspecified atom stereocenters. The molecule has 2 amide bonds. The summed E-state index contributed by atoms with van der Waals surface area (Å²) in [5.41, 5.74) is -0.840. The van der Waals surface area contributed by atoms with E-state index in [1.54, 1.807) is 0 Å². The van der Waals surface area contributed by atoms with Gasteiger partial charge in [-0.3, -0.25) is 14.5 Å². The van der Waals surface area contributed by atoms with Gasteiger partial charge in [-0.2, -0.15) is 13.2 Å². The highest BCUT2D eigenvalue weighted by atomic mass is 19.4. The van der Waals surface area contributed by atoms with E-state index in [1.807, 2.05) is 0 Å². The minimum Gasteiger partial charge on any atom is -0.352 e. The van der Waals surface area contributed by atoms with Gasteiger partial charge < -0.3 is 10.6 Å². The Labute approximate surface area is 171 Å². The van der Waals surface area contributed by atoms with Crippen molar-refractivity contribution in [3.8, 4) is 0 Å². The maximum Gasteiger partial charge on any atom is 0.418 e. The summed E-state index contributed by atoms with van der Waals surface area (Å²) >= 11 is 0. The van der Waals surface area contributed by atoms with Crippen molar-refractivity contribution in [3.63, 3.8) is 0 Å². The number of likely N-dealkylation sites (N-methyl/N-ethyl adjacent to an activating group) is 1. The van der Waals surface area contributed by atoms with Gasteiger partial charge >= 0.3 is 6.18 Å². The molecule has 1 aliphatic carbocycles. The molecule has 9 heteroatoms. The zero-order valence-electron chi connectivity index (χ0n) is 16.2. The van der Waals surface area contributed by atoms with Crippen LogP contribution >= 0.6 is 0 Å². The number of anilines is 1. The standard InChI is InChI=1S/C21H21F4N3O2/c1-28(12-18(29)27-17-5-3-2-4-16(17)21(23,24)25)19(20(30)26-15-10-11-15)13-6-8-14(22)9-7-13/h2-9,15,19H,10-12H2,1H3,(H,26,30)(H,27,29). The number of hydrogen-bond acceptors (Lipinski definition) is 3. The number of hydrogen-bond donors (Lipinski definition) is 2.